The predicted molar refractivity (Wildman–Crippen MR) is 154 cm³/mol. The van der Waals surface area contributed by atoms with Gasteiger partial charge in [-0.15, -0.1) is 0 Å². The molecule has 1 aliphatic heterocycles. The number of carbonyl (C=O) groups is 2. The highest BCUT2D eigenvalue weighted by atomic mass is 16.5. The van der Waals surface area contributed by atoms with Crippen LogP contribution in [0.1, 0.15) is 118 Å². The monoisotopic (exact) mass is 517 g/mol. The third-order valence-corrected chi connectivity index (χ3v) is 8.20. The lowest BCUT2D eigenvalue weighted by atomic mass is 9.83. The van der Waals surface area contributed by atoms with E-state index in [9.17, 15) is 9.59 Å². The second kappa shape index (κ2) is 16.3. The van der Waals surface area contributed by atoms with Gasteiger partial charge in [-0.25, -0.2) is 0 Å². The Morgan fingerprint density at radius 2 is 1.38 bits per heavy atom. The highest BCUT2D eigenvalue weighted by Gasteiger charge is 2.34. The van der Waals surface area contributed by atoms with Crippen molar-refractivity contribution in [1.82, 2.24) is 5.32 Å². The maximum absolute atomic E-state index is 10.7. The van der Waals surface area contributed by atoms with Crippen molar-refractivity contribution < 1.29 is 19.4 Å². The van der Waals surface area contributed by atoms with E-state index in [1.165, 1.54) is 43.2 Å². The van der Waals surface area contributed by atoms with E-state index in [1.807, 2.05) is 0 Å². The molecular weight excluding hydrogens is 462 g/mol. The lowest BCUT2D eigenvalue weighted by molar-refractivity contribution is -0.126. The number of imide groups is 1. The molecule has 4 atom stereocenters. The van der Waals surface area contributed by atoms with E-state index in [0.717, 1.165) is 18.9 Å². The summed E-state index contributed by atoms with van der Waals surface area (Å²) in [4.78, 5) is 21.3. The third kappa shape index (κ3) is 11.7. The molecule has 1 aromatic carbocycles. The molecular formula is C32H55NO4. The Bertz CT molecular complexity index is 772. The van der Waals surface area contributed by atoms with Crippen molar-refractivity contribution in [1.29, 1.82) is 0 Å². The maximum atomic E-state index is 10.7. The standard InChI is InChI=1S/C14H22.C12H24O2.C6H9NO2/c1-6-11(2)12-7-9-13(10-8-12)14(3,4)5;1-3-10(2)14-9-12-6-4-11(8-13)5-7-12;1-3-4(2)6(9)7-5(3)8/h7-11H,6H2,1-5H3;10-13H,3-9H2,1-2H3;3-4H,1-2H3,(H,7,8,9). The molecule has 2 fully saturated rings. The van der Waals surface area contributed by atoms with Crippen molar-refractivity contribution in [2.24, 2.45) is 23.7 Å². The number of rotatable bonds is 7. The summed E-state index contributed by atoms with van der Waals surface area (Å²) in [5.74, 6) is 1.42. The van der Waals surface area contributed by atoms with Crippen molar-refractivity contribution in [2.75, 3.05) is 13.2 Å². The van der Waals surface area contributed by atoms with Gasteiger partial charge in [0.2, 0.25) is 11.8 Å². The minimum atomic E-state index is -0.146. The summed E-state index contributed by atoms with van der Waals surface area (Å²) < 4.78 is 5.74. The Balaban J connectivity index is 0.000000285. The number of aliphatic hydroxyl groups is 1. The lowest BCUT2D eigenvalue weighted by Gasteiger charge is -2.27. The Kier molecular flexibility index (Phi) is 14.7. The van der Waals surface area contributed by atoms with E-state index < -0.39 is 0 Å². The van der Waals surface area contributed by atoms with E-state index in [0.29, 0.717) is 24.5 Å². The van der Waals surface area contributed by atoms with Crippen LogP contribution >= 0.6 is 0 Å². The molecule has 1 aliphatic carbocycles. The van der Waals surface area contributed by atoms with Gasteiger partial charge >= 0.3 is 0 Å². The second-order valence-electron chi connectivity index (χ2n) is 12.2. The number of aliphatic hydroxyl groups excluding tert-OH is 1. The van der Waals surface area contributed by atoms with Gasteiger partial charge < -0.3 is 9.84 Å². The molecule has 0 bridgehead atoms. The predicted octanol–water partition coefficient (Wildman–Crippen LogP) is 7.01. The van der Waals surface area contributed by atoms with Gasteiger partial charge in [0.25, 0.3) is 0 Å². The first kappa shape index (κ1) is 33.3. The summed E-state index contributed by atoms with van der Waals surface area (Å²) >= 11 is 0. The zero-order chi connectivity index (χ0) is 28.2. The van der Waals surface area contributed by atoms with Gasteiger partial charge in [0.15, 0.2) is 0 Å². The number of hydrogen-bond acceptors (Lipinski definition) is 4. The van der Waals surface area contributed by atoms with E-state index in [4.69, 9.17) is 9.84 Å². The summed E-state index contributed by atoms with van der Waals surface area (Å²) in [5, 5.41) is 11.2. The van der Waals surface area contributed by atoms with Gasteiger partial charge in [-0.3, -0.25) is 14.9 Å². The van der Waals surface area contributed by atoms with Gasteiger partial charge in [-0.05, 0) is 79.7 Å². The molecule has 1 heterocycles. The van der Waals surface area contributed by atoms with Crippen LogP contribution in [-0.4, -0.2) is 36.2 Å². The first-order valence-corrected chi connectivity index (χ1v) is 14.5. The lowest BCUT2D eigenvalue weighted by Crippen LogP contribution is -2.22. The highest BCUT2D eigenvalue weighted by molar-refractivity contribution is 6.04. The van der Waals surface area contributed by atoms with E-state index in [1.54, 1.807) is 13.8 Å². The van der Waals surface area contributed by atoms with Crippen LogP contribution in [0.25, 0.3) is 0 Å². The third-order valence-electron chi connectivity index (χ3n) is 8.20. The molecule has 2 aliphatic rings. The Morgan fingerprint density at radius 3 is 1.73 bits per heavy atom. The van der Waals surface area contributed by atoms with Crippen LogP contribution in [0.3, 0.4) is 0 Å². The van der Waals surface area contributed by atoms with Crippen LogP contribution in [0.15, 0.2) is 24.3 Å². The van der Waals surface area contributed by atoms with Crippen molar-refractivity contribution in [3.05, 3.63) is 35.4 Å². The quantitative estimate of drug-likeness (QED) is 0.381. The fourth-order valence-corrected chi connectivity index (χ4v) is 4.35. The fourth-order valence-electron chi connectivity index (χ4n) is 4.35. The van der Waals surface area contributed by atoms with Crippen LogP contribution in [-0.2, 0) is 19.7 Å². The zero-order valence-electron chi connectivity index (χ0n) is 25.1. The smallest absolute Gasteiger partial charge is 0.230 e. The Hall–Kier alpha value is -1.72. The molecule has 1 saturated carbocycles. The van der Waals surface area contributed by atoms with E-state index in [2.05, 4.69) is 78.0 Å². The molecule has 5 nitrogen and oxygen atoms in total. The van der Waals surface area contributed by atoms with Gasteiger partial charge in [0.1, 0.15) is 0 Å². The van der Waals surface area contributed by atoms with Crippen LogP contribution in [0.5, 0.6) is 0 Å². The summed E-state index contributed by atoms with van der Waals surface area (Å²) in [6.45, 7) is 20.4. The SMILES string of the molecule is CC1C(=O)NC(=O)C1C.CCC(C)OCC1CCC(CO)CC1.CCC(C)c1ccc(C(C)(C)C)cc1. The molecule has 0 spiro atoms. The zero-order valence-corrected chi connectivity index (χ0v) is 25.1. The summed E-state index contributed by atoms with van der Waals surface area (Å²) in [6.07, 6.45) is 7.57. The van der Waals surface area contributed by atoms with Gasteiger partial charge in [-0.1, -0.05) is 79.7 Å². The van der Waals surface area contributed by atoms with Crippen LogP contribution in [0.2, 0.25) is 0 Å². The molecule has 2 amide bonds. The first-order valence-electron chi connectivity index (χ1n) is 14.5. The molecule has 0 aromatic heterocycles. The highest BCUT2D eigenvalue weighted by Crippen LogP contribution is 2.29. The molecule has 212 valence electrons. The van der Waals surface area contributed by atoms with Gasteiger partial charge in [0, 0.05) is 25.0 Å². The summed E-state index contributed by atoms with van der Waals surface area (Å²) in [5.41, 5.74) is 3.15. The largest absolute Gasteiger partial charge is 0.396 e. The Labute approximate surface area is 227 Å². The molecule has 2 N–H and O–H groups in total. The normalized spacial score (nSPS) is 25.2. The minimum Gasteiger partial charge on any atom is -0.396 e. The molecule has 1 saturated heterocycles. The van der Waals surface area contributed by atoms with Crippen LogP contribution in [0, 0.1) is 23.7 Å². The topological polar surface area (TPSA) is 75.6 Å². The Morgan fingerprint density at radius 1 is 0.892 bits per heavy atom. The van der Waals surface area contributed by atoms with E-state index >= 15 is 0 Å². The van der Waals surface area contributed by atoms with Gasteiger partial charge in [0.05, 0.1) is 6.10 Å². The number of hydrogen-bond donors (Lipinski definition) is 2. The molecule has 0 radical (unpaired) electrons. The summed E-state index contributed by atoms with van der Waals surface area (Å²) in [6, 6.07) is 9.08. The molecule has 37 heavy (non-hydrogen) atoms. The minimum absolute atomic E-state index is 0.141. The van der Waals surface area contributed by atoms with E-state index in [-0.39, 0.29) is 29.1 Å². The van der Waals surface area contributed by atoms with Gasteiger partial charge in [-0.2, -0.15) is 0 Å². The number of nitrogens with one attached hydrogen (secondary N) is 1. The number of amides is 2. The average molecular weight is 518 g/mol. The van der Waals surface area contributed by atoms with Crippen LogP contribution < -0.4 is 5.32 Å². The molecule has 3 rings (SSSR count). The first-order chi connectivity index (χ1) is 17.3. The summed E-state index contributed by atoms with van der Waals surface area (Å²) in [7, 11) is 0. The van der Waals surface area contributed by atoms with Crippen molar-refractivity contribution in [3.63, 3.8) is 0 Å². The molecule has 5 heteroatoms. The molecule has 1 aromatic rings. The van der Waals surface area contributed by atoms with Crippen molar-refractivity contribution in [3.8, 4) is 0 Å². The average Bonchev–Trinajstić information content (AvgIpc) is 3.12. The van der Waals surface area contributed by atoms with Crippen molar-refractivity contribution in [2.45, 2.75) is 118 Å². The number of benzene rings is 1. The maximum Gasteiger partial charge on any atom is 0.230 e. The van der Waals surface area contributed by atoms with Crippen LogP contribution in [0.4, 0.5) is 0 Å². The number of carbonyl (C=O) groups excluding carboxylic acids is 2. The second-order valence-corrected chi connectivity index (χ2v) is 12.2. The molecule has 4 unspecified atom stereocenters. The number of ether oxygens (including phenoxy) is 1. The van der Waals surface area contributed by atoms with Crippen molar-refractivity contribution >= 4 is 11.8 Å². The fraction of sp³-hybridized carbons (Fsp3) is 0.750.